The van der Waals surface area contributed by atoms with Gasteiger partial charge in [-0.15, -0.1) is 11.3 Å². The summed E-state index contributed by atoms with van der Waals surface area (Å²) < 4.78 is 11.6. The van der Waals surface area contributed by atoms with Crippen molar-refractivity contribution in [1.29, 1.82) is 0 Å². The van der Waals surface area contributed by atoms with Crippen LogP contribution in [0.3, 0.4) is 0 Å². The summed E-state index contributed by atoms with van der Waals surface area (Å²) in [7, 11) is -0.686. The van der Waals surface area contributed by atoms with Gasteiger partial charge in [-0.3, -0.25) is 4.21 Å². The predicted molar refractivity (Wildman–Crippen MR) is 92.9 cm³/mol. The van der Waals surface area contributed by atoms with Gasteiger partial charge in [-0.05, 0) is 23.6 Å². The molecule has 2 aromatic heterocycles. The zero-order chi connectivity index (χ0) is 14.9. The summed E-state index contributed by atoms with van der Waals surface area (Å²) in [5.74, 6) is 3.17. The monoisotopic (exact) mass is 329 g/mol. The SMILES string of the molecule is O=S1CCN(c2nc(-c3cccs3)nc3ccccc23)CC1. The van der Waals surface area contributed by atoms with Gasteiger partial charge in [0, 0.05) is 40.8 Å². The Morgan fingerprint density at radius 2 is 1.86 bits per heavy atom. The molecule has 6 heteroatoms. The van der Waals surface area contributed by atoms with Gasteiger partial charge in [0.25, 0.3) is 0 Å². The molecule has 0 radical (unpaired) electrons. The zero-order valence-electron chi connectivity index (χ0n) is 11.9. The largest absolute Gasteiger partial charge is 0.354 e. The van der Waals surface area contributed by atoms with Crippen LogP contribution in [0.5, 0.6) is 0 Å². The molecule has 3 heterocycles. The first kappa shape index (κ1) is 13.8. The number of hydrogen-bond acceptors (Lipinski definition) is 5. The normalized spacial score (nSPS) is 16.3. The maximum atomic E-state index is 11.6. The smallest absolute Gasteiger partial charge is 0.172 e. The van der Waals surface area contributed by atoms with Gasteiger partial charge in [0.1, 0.15) is 5.82 Å². The second kappa shape index (κ2) is 5.78. The Balaban J connectivity index is 1.86. The summed E-state index contributed by atoms with van der Waals surface area (Å²) in [5.41, 5.74) is 0.961. The minimum absolute atomic E-state index is 0.686. The highest BCUT2D eigenvalue weighted by Crippen LogP contribution is 2.29. The van der Waals surface area contributed by atoms with Crippen LogP contribution in [0.4, 0.5) is 5.82 Å². The molecule has 22 heavy (non-hydrogen) atoms. The highest BCUT2D eigenvalue weighted by atomic mass is 32.2. The average Bonchev–Trinajstić information content (AvgIpc) is 3.09. The average molecular weight is 329 g/mol. The molecule has 0 spiro atoms. The first-order valence-corrected chi connectivity index (χ1v) is 9.58. The fourth-order valence-electron chi connectivity index (χ4n) is 2.67. The number of aromatic nitrogens is 2. The lowest BCUT2D eigenvalue weighted by Gasteiger charge is -2.28. The van der Waals surface area contributed by atoms with Crippen molar-refractivity contribution in [1.82, 2.24) is 9.97 Å². The van der Waals surface area contributed by atoms with Gasteiger partial charge in [-0.1, -0.05) is 18.2 Å². The third-order valence-corrected chi connectivity index (χ3v) is 5.94. The third-order valence-electron chi connectivity index (χ3n) is 3.80. The minimum Gasteiger partial charge on any atom is -0.354 e. The van der Waals surface area contributed by atoms with Crippen molar-refractivity contribution >= 4 is 38.9 Å². The molecule has 4 nitrogen and oxygen atoms in total. The van der Waals surface area contributed by atoms with E-state index in [2.05, 4.69) is 11.0 Å². The number of thiophene rings is 1. The molecule has 0 amide bonds. The fourth-order valence-corrected chi connectivity index (χ4v) is 4.38. The van der Waals surface area contributed by atoms with Crippen LogP contribution < -0.4 is 4.90 Å². The summed E-state index contributed by atoms with van der Waals surface area (Å²) in [6.45, 7) is 1.58. The van der Waals surface area contributed by atoms with Crippen LogP contribution in [0.1, 0.15) is 0 Å². The second-order valence-electron chi connectivity index (χ2n) is 5.20. The molecule has 0 bridgehead atoms. The molecule has 1 aliphatic heterocycles. The van der Waals surface area contributed by atoms with Crippen LogP contribution in [-0.4, -0.2) is 38.8 Å². The molecule has 0 N–H and O–H groups in total. The van der Waals surface area contributed by atoms with Crippen molar-refractivity contribution in [2.75, 3.05) is 29.5 Å². The van der Waals surface area contributed by atoms with Gasteiger partial charge in [-0.25, -0.2) is 9.97 Å². The van der Waals surface area contributed by atoms with E-state index >= 15 is 0 Å². The number of rotatable bonds is 2. The van der Waals surface area contributed by atoms with E-state index in [1.165, 1.54) is 0 Å². The Labute approximate surface area is 135 Å². The first-order valence-electron chi connectivity index (χ1n) is 7.22. The summed E-state index contributed by atoms with van der Waals surface area (Å²) in [6.07, 6.45) is 0. The van der Waals surface area contributed by atoms with Crippen molar-refractivity contribution in [2.45, 2.75) is 0 Å². The van der Waals surface area contributed by atoms with Gasteiger partial charge >= 0.3 is 0 Å². The maximum absolute atomic E-state index is 11.6. The lowest BCUT2D eigenvalue weighted by molar-refractivity contribution is 0.672. The Morgan fingerprint density at radius 3 is 2.64 bits per heavy atom. The van der Waals surface area contributed by atoms with E-state index in [-0.39, 0.29) is 0 Å². The zero-order valence-corrected chi connectivity index (χ0v) is 13.6. The van der Waals surface area contributed by atoms with Crippen LogP contribution in [0.2, 0.25) is 0 Å². The molecule has 0 aliphatic carbocycles. The van der Waals surface area contributed by atoms with E-state index < -0.39 is 10.8 Å². The summed E-state index contributed by atoms with van der Waals surface area (Å²) in [4.78, 5) is 12.8. The first-order chi connectivity index (χ1) is 10.8. The molecule has 0 unspecified atom stereocenters. The Hall–Kier alpha value is -1.79. The molecule has 1 aliphatic rings. The van der Waals surface area contributed by atoms with E-state index in [9.17, 15) is 4.21 Å². The fraction of sp³-hybridized carbons (Fsp3) is 0.250. The number of fused-ring (bicyclic) bond motifs is 1. The molecule has 1 saturated heterocycles. The van der Waals surface area contributed by atoms with Crippen molar-refractivity contribution in [2.24, 2.45) is 0 Å². The lowest BCUT2D eigenvalue weighted by Crippen LogP contribution is -2.38. The van der Waals surface area contributed by atoms with Gasteiger partial charge < -0.3 is 4.90 Å². The molecule has 1 fully saturated rings. The van der Waals surface area contributed by atoms with Crippen molar-refractivity contribution < 1.29 is 4.21 Å². The number of nitrogens with zero attached hydrogens (tertiary/aromatic N) is 3. The molecular weight excluding hydrogens is 314 g/mol. The molecule has 0 atom stereocenters. The van der Waals surface area contributed by atoms with Crippen molar-refractivity contribution in [3.05, 3.63) is 41.8 Å². The van der Waals surface area contributed by atoms with Crippen LogP contribution in [0.25, 0.3) is 21.6 Å². The van der Waals surface area contributed by atoms with Crippen molar-refractivity contribution in [3.8, 4) is 10.7 Å². The van der Waals surface area contributed by atoms with E-state index in [4.69, 9.17) is 9.97 Å². The molecule has 1 aromatic carbocycles. The van der Waals surface area contributed by atoms with E-state index in [0.29, 0.717) is 11.5 Å². The third kappa shape index (κ3) is 2.53. The van der Waals surface area contributed by atoms with Gasteiger partial charge in [0.2, 0.25) is 0 Å². The number of benzene rings is 1. The second-order valence-corrected chi connectivity index (χ2v) is 7.84. The van der Waals surface area contributed by atoms with Gasteiger partial charge in [-0.2, -0.15) is 0 Å². The van der Waals surface area contributed by atoms with Crippen LogP contribution in [0, 0.1) is 0 Å². The number of hydrogen-bond donors (Lipinski definition) is 0. The van der Waals surface area contributed by atoms with Crippen molar-refractivity contribution in [3.63, 3.8) is 0 Å². The molecule has 3 aromatic rings. The van der Waals surface area contributed by atoms with Crippen LogP contribution in [0.15, 0.2) is 41.8 Å². The lowest BCUT2D eigenvalue weighted by atomic mass is 10.2. The summed E-state index contributed by atoms with van der Waals surface area (Å²) in [6, 6.07) is 12.2. The van der Waals surface area contributed by atoms with Crippen LogP contribution in [-0.2, 0) is 10.8 Å². The summed E-state index contributed by atoms with van der Waals surface area (Å²) >= 11 is 1.65. The van der Waals surface area contributed by atoms with E-state index in [0.717, 1.165) is 40.5 Å². The topological polar surface area (TPSA) is 46.1 Å². The Morgan fingerprint density at radius 1 is 1.05 bits per heavy atom. The number of anilines is 1. The molecule has 112 valence electrons. The molecule has 0 saturated carbocycles. The predicted octanol–water partition coefficient (Wildman–Crippen LogP) is 2.93. The Kier molecular flexibility index (Phi) is 3.63. The van der Waals surface area contributed by atoms with Crippen LogP contribution >= 0.6 is 11.3 Å². The number of para-hydroxylation sites is 1. The standard InChI is InChI=1S/C16H15N3OS2/c20-22-10-7-19(8-11-22)16-12-4-1-2-5-13(12)17-15(18-16)14-6-3-9-21-14/h1-6,9H,7-8,10-11H2. The van der Waals surface area contributed by atoms with Gasteiger partial charge in [0.15, 0.2) is 5.82 Å². The quantitative estimate of drug-likeness (QED) is 0.725. The van der Waals surface area contributed by atoms with E-state index in [1.54, 1.807) is 11.3 Å². The highest BCUT2D eigenvalue weighted by molar-refractivity contribution is 7.85. The molecule has 4 rings (SSSR count). The molecular formula is C16H15N3OS2. The summed E-state index contributed by atoms with van der Waals surface area (Å²) in [5, 5.41) is 3.10. The maximum Gasteiger partial charge on any atom is 0.172 e. The highest BCUT2D eigenvalue weighted by Gasteiger charge is 2.20. The van der Waals surface area contributed by atoms with Gasteiger partial charge in [0.05, 0.1) is 10.4 Å². The Bertz CT molecular complexity index is 823. The van der Waals surface area contributed by atoms with E-state index in [1.807, 2.05) is 35.7 Å². The minimum atomic E-state index is -0.686.